The molecular weight excluding hydrogens is 222 g/mol. The fourth-order valence-electron chi connectivity index (χ4n) is 3.07. The van der Waals surface area contributed by atoms with E-state index < -0.39 is 0 Å². The smallest absolute Gasteiger partial charge is 0.105 e. The minimum Gasteiger partial charge on any atom is -0.300 e. The van der Waals surface area contributed by atoms with Gasteiger partial charge in [0.05, 0.1) is 6.07 Å². The van der Waals surface area contributed by atoms with Gasteiger partial charge in [-0.2, -0.15) is 5.26 Å². The van der Waals surface area contributed by atoms with Gasteiger partial charge in [-0.1, -0.05) is 13.8 Å². The van der Waals surface area contributed by atoms with E-state index in [2.05, 4.69) is 44.0 Å². The molecular formula is C15H27N3. The largest absolute Gasteiger partial charge is 0.300 e. The Hall–Kier alpha value is -0.590. The van der Waals surface area contributed by atoms with Crippen LogP contribution in [-0.2, 0) is 0 Å². The topological polar surface area (TPSA) is 39.1 Å². The Bertz CT molecular complexity index is 340. The van der Waals surface area contributed by atoms with Crippen LogP contribution in [0, 0.1) is 16.7 Å². The molecule has 1 heterocycles. The predicted molar refractivity (Wildman–Crippen MR) is 74.2 cm³/mol. The van der Waals surface area contributed by atoms with Crippen LogP contribution < -0.4 is 5.32 Å². The molecule has 3 heteroatoms. The monoisotopic (exact) mass is 249 g/mol. The quantitative estimate of drug-likeness (QED) is 0.814. The first kappa shape index (κ1) is 13.8. The molecule has 1 aliphatic carbocycles. The van der Waals surface area contributed by atoms with E-state index in [1.807, 2.05) is 0 Å². The highest BCUT2D eigenvalue weighted by Crippen LogP contribution is 2.32. The van der Waals surface area contributed by atoms with Gasteiger partial charge in [-0.3, -0.25) is 5.32 Å². The first-order valence-electron chi connectivity index (χ1n) is 7.27. The molecule has 2 fully saturated rings. The highest BCUT2D eigenvalue weighted by atomic mass is 15.2. The molecule has 0 aromatic rings. The third kappa shape index (κ3) is 3.46. The molecule has 18 heavy (non-hydrogen) atoms. The predicted octanol–water partition coefficient (Wildman–Crippen LogP) is 2.53. The van der Waals surface area contributed by atoms with E-state index in [1.165, 1.54) is 32.4 Å². The molecule has 1 saturated heterocycles. The Balaban J connectivity index is 1.89. The van der Waals surface area contributed by atoms with E-state index in [-0.39, 0.29) is 5.54 Å². The maximum atomic E-state index is 9.43. The Kier molecular flexibility index (Phi) is 3.71. The molecule has 2 aliphatic rings. The average Bonchev–Trinajstić information content (AvgIpc) is 3.00. The lowest BCUT2D eigenvalue weighted by atomic mass is 9.92. The van der Waals surface area contributed by atoms with Gasteiger partial charge < -0.3 is 4.90 Å². The number of likely N-dealkylation sites (tertiary alicyclic amines) is 1. The molecule has 1 N–H and O–H groups in total. The molecule has 0 bridgehead atoms. The van der Waals surface area contributed by atoms with Crippen LogP contribution in [-0.4, -0.2) is 35.6 Å². The second-order valence-electron chi connectivity index (χ2n) is 7.30. The van der Waals surface area contributed by atoms with E-state index in [4.69, 9.17) is 0 Å². The van der Waals surface area contributed by atoms with Gasteiger partial charge in [0.15, 0.2) is 0 Å². The van der Waals surface area contributed by atoms with Crippen molar-refractivity contribution in [3.05, 3.63) is 0 Å². The van der Waals surface area contributed by atoms with E-state index in [0.717, 1.165) is 6.42 Å². The van der Waals surface area contributed by atoms with Crippen LogP contribution in [0.2, 0.25) is 0 Å². The van der Waals surface area contributed by atoms with Crippen molar-refractivity contribution in [3.8, 4) is 6.07 Å². The van der Waals surface area contributed by atoms with Gasteiger partial charge in [-0.05, 0) is 51.5 Å². The zero-order valence-electron chi connectivity index (χ0n) is 12.3. The van der Waals surface area contributed by atoms with Crippen LogP contribution in [0.5, 0.6) is 0 Å². The van der Waals surface area contributed by atoms with Gasteiger partial charge in [0, 0.05) is 18.6 Å². The van der Waals surface area contributed by atoms with E-state index in [1.54, 1.807) is 0 Å². The summed E-state index contributed by atoms with van der Waals surface area (Å²) in [4.78, 5) is 2.55. The SMILES string of the molecule is CC(CC(C)(C#N)NC1CC1)N1CCC(C)(C)C1. The molecule has 0 aromatic carbocycles. The van der Waals surface area contributed by atoms with Crippen LogP contribution in [0.1, 0.15) is 53.4 Å². The minimum absolute atomic E-state index is 0.354. The lowest BCUT2D eigenvalue weighted by Crippen LogP contribution is -2.47. The van der Waals surface area contributed by atoms with Crippen molar-refractivity contribution in [3.63, 3.8) is 0 Å². The molecule has 1 aliphatic heterocycles. The Labute approximate surface area is 112 Å². The summed E-state index contributed by atoms with van der Waals surface area (Å²) in [5.74, 6) is 0. The van der Waals surface area contributed by atoms with Gasteiger partial charge in [0.25, 0.3) is 0 Å². The molecule has 102 valence electrons. The summed E-state index contributed by atoms with van der Waals surface area (Å²) in [6, 6.07) is 3.57. The molecule has 2 rings (SSSR count). The zero-order valence-corrected chi connectivity index (χ0v) is 12.3. The molecule has 2 atom stereocenters. The number of rotatable bonds is 5. The molecule has 3 nitrogen and oxygen atoms in total. The summed E-state index contributed by atoms with van der Waals surface area (Å²) in [5, 5.41) is 12.9. The maximum absolute atomic E-state index is 9.43. The summed E-state index contributed by atoms with van der Waals surface area (Å²) < 4.78 is 0. The average molecular weight is 249 g/mol. The standard InChI is InChI=1S/C15H27N3/c1-12(18-8-7-14(2,3)11-18)9-15(4,10-16)17-13-5-6-13/h12-13,17H,5-9,11H2,1-4H3. The zero-order chi connectivity index (χ0) is 13.4. The Morgan fingerprint density at radius 2 is 2.17 bits per heavy atom. The van der Waals surface area contributed by atoms with Crippen molar-refractivity contribution in [2.24, 2.45) is 5.41 Å². The second kappa shape index (κ2) is 4.83. The van der Waals surface area contributed by atoms with Crippen LogP contribution in [0.3, 0.4) is 0 Å². The number of hydrogen-bond donors (Lipinski definition) is 1. The number of nitriles is 1. The molecule has 0 spiro atoms. The Morgan fingerprint density at radius 1 is 1.50 bits per heavy atom. The van der Waals surface area contributed by atoms with Crippen molar-refractivity contribution < 1.29 is 0 Å². The molecule has 0 aromatic heterocycles. The third-order valence-corrected chi connectivity index (χ3v) is 4.38. The highest BCUT2D eigenvalue weighted by Gasteiger charge is 2.37. The third-order valence-electron chi connectivity index (χ3n) is 4.38. The lowest BCUT2D eigenvalue weighted by molar-refractivity contribution is 0.193. The van der Waals surface area contributed by atoms with Crippen molar-refractivity contribution >= 4 is 0 Å². The van der Waals surface area contributed by atoms with Gasteiger partial charge in [-0.25, -0.2) is 0 Å². The minimum atomic E-state index is -0.354. The fraction of sp³-hybridized carbons (Fsp3) is 0.933. The summed E-state index contributed by atoms with van der Waals surface area (Å²) in [6.45, 7) is 11.4. The van der Waals surface area contributed by atoms with Crippen LogP contribution in [0.4, 0.5) is 0 Å². The first-order valence-corrected chi connectivity index (χ1v) is 7.27. The van der Waals surface area contributed by atoms with Gasteiger partial charge >= 0.3 is 0 Å². The van der Waals surface area contributed by atoms with Crippen molar-refractivity contribution in [2.45, 2.75) is 71.0 Å². The number of hydrogen-bond acceptors (Lipinski definition) is 3. The van der Waals surface area contributed by atoms with Crippen molar-refractivity contribution in [1.29, 1.82) is 5.26 Å². The maximum Gasteiger partial charge on any atom is 0.105 e. The summed E-state index contributed by atoms with van der Waals surface area (Å²) in [7, 11) is 0. The summed E-state index contributed by atoms with van der Waals surface area (Å²) in [6.07, 6.45) is 4.68. The van der Waals surface area contributed by atoms with Crippen LogP contribution >= 0.6 is 0 Å². The molecule has 2 unspecified atom stereocenters. The second-order valence-corrected chi connectivity index (χ2v) is 7.30. The summed E-state index contributed by atoms with van der Waals surface area (Å²) >= 11 is 0. The lowest BCUT2D eigenvalue weighted by Gasteiger charge is -2.32. The van der Waals surface area contributed by atoms with E-state index >= 15 is 0 Å². The van der Waals surface area contributed by atoms with Crippen molar-refractivity contribution in [2.75, 3.05) is 13.1 Å². The molecule has 0 radical (unpaired) electrons. The van der Waals surface area contributed by atoms with E-state index in [0.29, 0.717) is 17.5 Å². The molecule has 1 saturated carbocycles. The van der Waals surface area contributed by atoms with Crippen LogP contribution in [0.25, 0.3) is 0 Å². The van der Waals surface area contributed by atoms with Crippen molar-refractivity contribution in [1.82, 2.24) is 10.2 Å². The Morgan fingerprint density at radius 3 is 2.61 bits per heavy atom. The number of nitrogens with one attached hydrogen (secondary N) is 1. The van der Waals surface area contributed by atoms with Gasteiger partial charge in [0.1, 0.15) is 5.54 Å². The highest BCUT2D eigenvalue weighted by molar-refractivity contribution is 5.09. The fourth-order valence-corrected chi connectivity index (χ4v) is 3.07. The van der Waals surface area contributed by atoms with E-state index in [9.17, 15) is 5.26 Å². The van der Waals surface area contributed by atoms with Gasteiger partial charge in [-0.15, -0.1) is 0 Å². The molecule has 0 amide bonds. The van der Waals surface area contributed by atoms with Gasteiger partial charge in [0.2, 0.25) is 0 Å². The number of nitrogens with zero attached hydrogens (tertiary/aromatic N) is 2. The summed E-state index contributed by atoms with van der Waals surface area (Å²) in [5.41, 5.74) is 0.0918. The first-order chi connectivity index (χ1) is 8.34. The normalized spacial score (nSPS) is 28.6. The van der Waals surface area contributed by atoms with Crippen LogP contribution in [0.15, 0.2) is 0 Å².